The van der Waals surface area contributed by atoms with Crippen LogP contribution < -0.4 is 0 Å². The van der Waals surface area contributed by atoms with Gasteiger partial charge in [-0.2, -0.15) is 5.26 Å². The van der Waals surface area contributed by atoms with Crippen molar-refractivity contribution in [1.82, 2.24) is 19.9 Å². The van der Waals surface area contributed by atoms with Gasteiger partial charge in [-0.25, -0.2) is 19.9 Å². The van der Waals surface area contributed by atoms with E-state index in [4.69, 9.17) is 19.9 Å². The minimum atomic E-state index is 0.600. The van der Waals surface area contributed by atoms with Gasteiger partial charge < -0.3 is 0 Å². The summed E-state index contributed by atoms with van der Waals surface area (Å²) in [5.41, 5.74) is 10.3. The van der Waals surface area contributed by atoms with E-state index < -0.39 is 0 Å². The maximum absolute atomic E-state index is 9.39. The van der Waals surface area contributed by atoms with Gasteiger partial charge in [0.1, 0.15) is 0 Å². The van der Waals surface area contributed by atoms with Crippen molar-refractivity contribution in [2.45, 2.75) is 0 Å². The van der Waals surface area contributed by atoms with Crippen molar-refractivity contribution in [3.8, 4) is 62.5 Å². The van der Waals surface area contributed by atoms with E-state index in [9.17, 15) is 5.26 Å². The molecule has 8 rings (SSSR count). The molecule has 5 heteroatoms. The quantitative estimate of drug-likeness (QED) is 0.200. The fourth-order valence-electron chi connectivity index (χ4n) is 5.88. The molecule has 46 heavy (non-hydrogen) atoms. The van der Waals surface area contributed by atoms with E-state index in [2.05, 4.69) is 60.7 Å². The summed E-state index contributed by atoms with van der Waals surface area (Å²) in [7, 11) is 0. The molecule has 0 saturated heterocycles. The van der Waals surface area contributed by atoms with E-state index in [1.165, 1.54) is 0 Å². The average molecular weight is 588 g/mol. The molecule has 6 aromatic carbocycles. The highest BCUT2D eigenvalue weighted by molar-refractivity contribution is 6.06. The monoisotopic (exact) mass is 587 g/mol. The number of benzene rings is 6. The summed E-state index contributed by atoms with van der Waals surface area (Å²) in [5.74, 6) is 0.675. The molecule has 0 aliphatic carbocycles. The zero-order valence-corrected chi connectivity index (χ0v) is 24.7. The molecule has 0 aliphatic rings. The Balaban J connectivity index is 1.36. The van der Waals surface area contributed by atoms with Gasteiger partial charge in [-0.1, -0.05) is 121 Å². The lowest BCUT2D eigenvalue weighted by molar-refractivity contribution is 1.18. The van der Waals surface area contributed by atoms with Crippen molar-refractivity contribution in [2.75, 3.05) is 0 Å². The SMILES string of the molecule is N#Cc1ccc(-c2nc3ccccc3nc2-c2ccc(-c3cc(-c4ccccc4)nc(-c4ccccc4)n3)c3ccccc23)cc1. The molecule has 0 spiro atoms. The van der Waals surface area contributed by atoms with Crippen LogP contribution in [0.15, 0.2) is 152 Å². The van der Waals surface area contributed by atoms with Gasteiger partial charge in [0.25, 0.3) is 0 Å². The van der Waals surface area contributed by atoms with Gasteiger partial charge in [0, 0.05) is 27.8 Å². The van der Waals surface area contributed by atoms with Crippen LogP contribution in [0.1, 0.15) is 5.56 Å². The van der Waals surface area contributed by atoms with Gasteiger partial charge >= 0.3 is 0 Å². The minimum absolute atomic E-state index is 0.600. The van der Waals surface area contributed by atoms with Crippen molar-refractivity contribution in [2.24, 2.45) is 0 Å². The largest absolute Gasteiger partial charge is 0.244 e. The predicted octanol–water partition coefficient (Wildman–Crippen LogP) is 9.78. The van der Waals surface area contributed by atoms with Crippen LogP contribution in [0, 0.1) is 11.3 Å². The van der Waals surface area contributed by atoms with Crippen LogP contribution in [-0.4, -0.2) is 19.9 Å². The van der Waals surface area contributed by atoms with Crippen molar-refractivity contribution >= 4 is 21.8 Å². The molecule has 8 aromatic rings. The Kier molecular flexibility index (Phi) is 6.79. The third-order valence-electron chi connectivity index (χ3n) is 8.14. The molecule has 0 amide bonds. The zero-order chi connectivity index (χ0) is 30.9. The second kappa shape index (κ2) is 11.5. The van der Waals surface area contributed by atoms with Crippen LogP contribution in [0.25, 0.3) is 78.2 Å². The smallest absolute Gasteiger partial charge is 0.160 e. The average Bonchev–Trinajstić information content (AvgIpc) is 3.14. The highest BCUT2D eigenvalue weighted by Gasteiger charge is 2.19. The van der Waals surface area contributed by atoms with Gasteiger partial charge in [-0.3, -0.25) is 0 Å². The molecule has 0 fully saturated rings. The van der Waals surface area contributed by atoms with Crippen LogP contribution in [0.4, 0.5) is 0 Å². The number of nitriles is 1. The zero-order valence-electron chi connectivity index (χ0n) is 24.7. The summed E-state index contributed by atoms with van der Waals surface area (Å²) < 4.78 is 0. The highest BCUT2D eigenvalue weighted by Crippen LogP contribution is 2.39. The van der Waals surface area contributed by atoms with Gasteiger partial charge in [-0.15, -0.1) is 0 Å². The molecular formula is C41H25N5. The van der Waals surface area contributed by atoms with Crippen molar-refractivity contribution in [3.63, 3.8) is 0 Å². The molecule has 0 unspecified atom stereocenters. The molecule has 0 radical (unpaired) electrons. The second-order valence-corrected chi connectivity index (χ2v) is 11.0. The Morgan fingerprint density at radius 1 is 0.413 bits per heavy atom. The summed E-state index contributed by atoms with van der Waals surface area (Å²) in [6.45, 7) is 0. The maximum Gasteiger partial charge on any atom is 0.160 e. The molecule has 0 aliphatic heterocycles. The Morgan fingerprint density at radius 2 is 0.957 bits per heavy atom. The Morgan fingerprint density at radius 3 is 1.63 bits per heavy atom. The van der Waals surface area contributed by atoms with Crippen molar-refractivity contribution in [3.05, 3.63) is 157 Å². The molecule has 0 bridgehead atoms. The summed E-state index contributed by atoms with van der Waals surface area (Å²) >= 11 is 0. The van der Waals surface area contributed by atoms with Crippen LogP contribution in [-0.2, 0) is 0 Å². The lowest BCUT2D eigenvalue weighted by Crippen LogP contribution is -1.98. The number of hydrogen-bond acceptors (Lipinski definition) is 5. The number of hydrogen-bond donors (Lipinski definition) is 0. The molecule has 2 heterocycles. The molecule has 0 N–H and O–H groups in total. The van der Waals surface area contributed by atoms with Gasteiger partial charge in [-0.05, 0) is 41.1 Å². The summed E-state index contributed by atoms with van der Waals surface area (Å²) in [6, 6.07) is 52.6. The van der Waals surface area contributed by atoms with Crippen LogP contribution in [0.3, 0.4) is 0 Å². The normalized spacial score (nSPS) is 11.0. The lowest BCUT2D eigenvalue weighted by atomic mass is 9.93. The van der Waals surface area contributed by atoms with E-state index in [0.29, 0.717) is 11.4 Å². The molecule has 214 valence electrons. The molecule has 0 saturated carbocycles. The van der Waals surface area contributed by atoms with Crippen molar-refractivity contribution in [1.29, 1.82) is 5.26 Å². The first-order valence-electron chi connectivity index (χ1n) is 15.0. The summed E-state index contributed by atoms with van der Waals surface area (Å²) in [4.78, 5) is 20.4. The number of fused-ring (bicyclic) bond motifs is 2. The summed E-state index contributed by atoms with van der Waals surface area (Å²) in [6.07, 6.45) is 0. The number of para-hydroxylation sites is 2. The number of nitrogens with zero attached hydrogens (tertiary/aromatic N) is 5. The van der Waals surface area contributed by atoms with E-state index in [0.717, 1.165) is 72.4 Å². The predicted molar refractivity (Wildman–Crippen MR) is 185 cm³/mol. The van der Waals surface area contributed by atoms with E-state index in [-0.39, 0.29) is 0 Å². The van der Waals surface area contributed by atoms with Gasteiger partial charge in [0.05, 0.1) is 45.4 Å². The summed E-state index contributed by atoms with van der Waals surface area (Å²) in [5, 5.41) is 11.5. The molecule has 5 nitrogen and oxygen atoms in total. The third-order valence-corrected chi connectivity index (χ3v) is 8.14. The van der Waals surface area contributed by atoms with Crippen LogP contribution in [0.2, 0.25) is 0 Å². The Hall–Kier alpha value is -6.51. The minimum Gasteiger partial charge on any atom is -0.244 e. The van der Waals surface area contributed by atoms with Gasteiger partial charge in [0.2, 0.25) is 0 Å². The first-order valence-corrected chi connectivity index (χ1v) is 15.0. The van der Waals surface area contributed by atoms with Crippen molar-refractivity contribution < 1.29 is 0 Å². The van der Waals surface area contributed by atoms with E-state index in [1.807, 2.05) is 97.1 Å². The topological polar surface area (TPSA) is 75.3 Å². The molecular weight excluding hydrogens is 562 g/mol. The van der Waals surface area contributed by atoms with Crippen LogP contribution >= 0.6 is 0 Å². The molecule has 2 aromatic heterocycles. The maximum atomic E-state index is 9.39. The van der Waals surface area contributed by atoms with Gasteiger partial charge in [0.15, 0.2) is 5.82 Å². The first-order chi connectivity index (χ1) is 22.7. The molecule has 0 atom stereocenters. The highest BCUT2D eigenvalue weighted by atomic mass is 14.9. The van der Waals surface area contributed by atoms with E-state index >= 15 is 0 Å². The fourth-order valence-corrected chi connectivity index (χ4v) is 5.88. The number of rotatable bonds is 5. The lowest BCUT2D eigenvalue weighted by Gasteiger charge is -2.16. The first kappa shape index (κ1) is 27.1. The Bertz CT molecular complexity index is 2350. The fraction of sp³-hybridized carbons (Fsp3) is 0. The number of aromatic nitrogens is 4. The Labute approximate surface area is 266 Å². The standard InChI is InChI=1S/C41H25N5/c42-26-27-19-21-29(22-20-27)39-40(44-36-18-10-9-17-35(36)43-39)34-24-23-33(31-15-7-8-16-32(31)34)38-25-37(28-11-3-1-4-12-28)45-41(46-38)30-13-5-2-6-14-30/h1-25H. The van der Waals surface area contributed by atoms with Crippen LogP contribution in [0.5, 0.6) is 0 Å². The van der Waals surface area contributed by atoms with E-state index in [1.54, 1.807) is 0 Å². The second-order valence-electron chi connectivity index (χ2n) is 11.0. The third kappa shape index (κ3) is 4.94.